The van der Waals surface area contributed by atoms with Crippen LogP contribution in [0.15, 0.2) is 54.2 Å². The van der Waals surface area contributed by atoms with Gasteiger partial charge < -0.3 is 16.0 Å². The average molecular weight is 322 g/mol. The lowest BCUT2D eigenvalue weighted by Crippen LogP contribution is -2.16. The van der Waals surface area contributed by atoms with Crippen LogP contribution >= 0.6 is 11.8 Å². The van der Waals surface area contributed by atoms with Gasteiger partial charge in [0.2, 0.25) is 0 Å². The molecular weight excluding hydrogens is 304 g/mol. The summed E-state index contributed by atoms with van der Waals surface area (Å²) in [7, 11) is 0. The van der Waals surface area contributed by atoms with Crippen molar-refractivity contribution in [2.24, 2.45) is 5.73 Å². The molecule has 0 bridgehead atoms. The summed E-state index contributed by atoms with van der Waals surface area (Å²) in [6.45, 7) is 4.20. The van der Waals surface area contributed by atoms with Crippen LogP contribution in [0.3, 0.4) is 0 Å². The zero-order valence-electron chi connectivity index (χ0n) is 12.7. The van der Waals surface area contributed by atoms with Crippen molar-refractivity contribution in [1.29, 1.82) is 0 Å². The van der Waals surface area contributed by atoms with Gasteiger partial charge in [0.25, 0.3) is 0 Å². The number of thioether (sulfide) groups is 1. The van der Waals surface area contributed by atoms with E-state index in [1.165, 1.54) is 10.5 Å². The Balaban J connectivity index is 1.63. The van der Waals surface area contributed by atoms with Crippen molar-refractivity contribution in [1.82, 2.24) is 9.97 Å². The molecule has 0 saturated heterocycles. The second kappa shape index (κ2) is 5.76. The summed E-state index contributed by atoms with van der Waals surface area (Å²) in [5, 5.41) is 4.47. The van der Waals surface area contributed by atoms with Gasteiger partial charge in [0.15, 0.2) is 0 Å². The predicted octanol–water partition coefficient (Wildman–Crippen LogP) is 4.14. The lowest BCUT2D eigenvalue weighted by atomic mass is 10.0. The molecule has 4 nitrogen and oxygen atoms in total. The number of H-pyrrole nitrogens is 1. The van der Waals surface area contributed by atoms with Crippen LogP contribution in [0.4, 0.5) is 5.69 Å². The molecule has 0 aliphatic carbocycles. The van der Waals surface area contributed by atoms with Gasteiger partial charge in [-0.1, -0.05) is 18.7 Å². The van der Waals surface area contributed by atoms with Crippen molar-refractivity contribution >= 4 is 34.2 Å². The van der Waals surface area contributed by atoms with E-state index < -0.39 is 0 Å². The fourth-order valence-electron chi connectivity index (χ4n) is 2.91. The Morgan fingerprint density at radius 2 is 2.26 bits per heavy atom. The lowest BCUT2D eigenvalue weighted by molar-refractivity contribution is 0.680. The Morgan fingerprint density at radius 1 is 1.35 bits per heavy atom. The van der Waals surface area contributed by atoms with E-state index in [1.807, 2.05) is 30.1 Å². The van der Waals surface area contributed by atoms with Gasteiger partial charge in [0.05, 0.1) is 5.69 Å². The van der Waals surface area contributed by atoms with Gasteiger partial charge in [-0.15, -0.1) is 11.8 Å². The molecule has 3 aromatic rings. The van der Waals surface area contributed by atoms with Crippen LogP contribution in [0.5, 0.6) is 0 Å². The molecule has 0 amide bonds. The summed E-state index contributed by atoms with van der Waals surface area (Å²) in [5.41, 5.74) is 11.3. The van der Waals surface area contributed by atoms with Crippen molar-refractivity contribution in [3.05, 3.63) is 60.4 Å². The van der Waals surface area contributed by atoms with Crippen LogP contribution in [0.2, 0.25) is 0 Å². The zero-order chi connectivity index (χ0) is 15.8. The highest BCUT2D eigenvalue weighted by atomic mass is 32.2. The highest BCUT2D eigenvalue weighted by Gasteiger charge is 2.18. The second-order valence-corrected chi connectivity index (χ2v) is 6.84. The molecule has 1 aromatic carbocycles. The Labute approximate surface area is 139 Å². The van der Waals surface area contributed by atoms with Crippen LogP contribution in [0.25, 0.3) is 16.7 Å². The predicted molar refractivity (Wildman–Crippen MR) is 97.5 cm³/mol. The Kier molecular flexibility index (Phi) is 3.59. The lowest BCUT2D eigenvalue weighted by Gasteiger charge is -2.22. The highest BCUT2D eigenvalue weighted by Crippen LogP contribution is 2.36. The van der Waals surface area contributed by atoms with E-state index in [-0.39, 0.29) is 6.04 Å². The summed E-state index contributed by atoms with van der Waals surface area (Å²) in [4.78, 5) is 8.70. The number of nitrogens with one attached hydrogen (secondary N) is 2. The largest absolute Gasteiger partial charge is 0.355 e. The van der Waals surface area contributed by atoms with E-state index in [9.17, 15) is 0 Å². The minimum Gasteiger partial charge on any atom is -0.355 e. The standard InChI is InChI=1S/C18H18N4S/c1-11(22-16-5-8-21-18-14(16)4-7-20-18)12-2-3-13-15(19)6-9-23-17(13)10-12/h2-5,7-8,10,15H,1,6,9,19H2,(H2,20,21,22). The molecule has 2 aromatic heterocycles. The smallest absolute Gasteiger partial charge is 0.139 e. The number of pyridine rings is 1. The minimum atomic E-state index is 0.154. The van der Waals surface area contributed by atoms with Gasteiger partial charge in [0, 0.05) is 34.4 Å². The van der Waals surface area contributed by atoms with Gasteiger partial charge in [-0.2, -0.15) is 0 Å². The summed E-state index contributed by atoms with van der Waals surface area (Å²) in [5.74, 6) is 1.08. The molecule has 1 aliphatic heterocycles. The molecule has 0 spiro atoms. The topological polar surface area (TPSA) is 66.7 Å². The van der Waals surface area contributed by atoms with Crippen molar-refractivity contribution < 1.29 is 0 Å². The van der Waals surface area contributed by atoms with E-state index in [0.29, 0.717) is 0 Å². The first kappa shape index (κ1) is 14.4. The molecule has 3 heterocycles. The normalized spacial score (nSPS) is 17.0. The van der Waals surface area contributed by atoms with Crippen molar-refractivity contribution in [2.45, 2.75) is 17.4 Å². The molecule has 1 aliphatic rings. The van der Waals surface area contributed by atoms with E-state index >= 15 is 0 Å². The third-order valence-corrected chi connectivity index (χ3v) is 5.30. The van der Waals surface area contributed by atoms with Crippen LogP contribution in [-0.2, 0) is 0 Å². The fraction of sp³-hybridized carbons (Fsp3) is 0.167. The van der Waals surface area contributed by atoms with E-state index in [4.69, 9.17) is 5.73 Å². The Bertz CT molecular complexity index is 884. The van der Waals surface area contributed by atoms with Gasteiger partial charge in [0.1, 0.15) is 5.65 Å². The van der Waals surface area contributed by atoms with Crippen LogP contribution in [0.1, 0.15) is 23.6 Å². The average Bonchev–Trinajstić information content (AvgIpc) is 3.04. The molecule has 0 fully saturated rings. The first-order chi connectivity index (χ1) is 11.2. The van der Waals surface area contributed by atoms with Gasteiger partial charge in [-0.25, -0.2) is 4.98 Å². The molecule has 23 heavy (non-hydrogen) atoms. The number of aromatic amines is 1. The molecule has 5 heteroatoms. The van der Waals surface area contributed by atoms with Crippen LogP contribution < -0.4 is 11.1 Å². The SMILES string of the molecule is C=C(Nc1ccnc2[nH]ccc12)c1ccc2c(c1)SCCC2N. The number of anilines is 1. The monoisotopic (exact) mass is 322 g/mol. The number of hydrogen-bond acceptors (Lipinski definition) is 4. The summed E-state index contributed by atoms with van der Waals surface area (Å²) in [6, 6.07) is 10.5. The number of benzene rings is 1. The summed E-state index contributed by atoms with van der Waals surface area (Å²) in [6.07, 6.45) is 4.72. The summed E-state index contributed by atoms with van der Waals surface area (Å²) >= 11 is 1.87. The maximum absolute atomic E-state index is 6.18. The quantitative estimate of drug-likeness (QED) is 0.678. The minimum absolute atomic E-state index is 0.154. The van der Waals surface area contributed by atoms with Crippen molar-refractivity contribution in [3.63, 3.8) is 0 Å². The summed E-state index contributed by atoms with van der Waals surface area (Å²) < 4.78 is 0. The second-order valence-electron chi connectivity index (χ2n) is 5.70. The van der Waals surface area contributed by atoms with Gasteiger partial charge >= 0.3 is 0 Å². The van der Waals surface area contributed by atoms with Gasteiger partial charge in [-0.05, 0) is 41.5 Å². The zero-order valence-corrected chi connectivity index (χ0v) is 13.5. The Hall–Kier alpha value is -2.24. The maximum atomic E-state index is 6.18. The number of hydrogen-bond donors (Lipinski definition) is 3. The Morgan fingerprint density at radius 3 is 3.17 bits per heavy atom. The van der Waals surface area contributed by atoms with E-state index in [2.05, 4.69) is 40.1 Å². The number of aromatic nitrogens is 2. The van der Waals surface area contributed by atoms with Gasteiger partial charge in [-0.3, -0.25) is 0 Å². The molecule has 4 N–H and O–H groups in total. The number of nitrogens with two attached hydrogens (primary N) is 1. The third-order valence-electron chi connectivity index (χ3n) is 4.19. The number of rotatable bonds is 3. The fourth-order valence-corrected chi connectivity index (χ4v) is 4.10. The molecule has 116 valence electrons. The first-order valence-electron chi connectivity index (χ1n) is 7.63. The molecule has 1 unspecified atom stereocenters. The highest BCUT2D eigenvalue weighted by molar-refractivity contribution is 7.99. The third kappa shape index (κ3) is 2.62. The van der Waals surface area contributed by atoms with E-state index in [1.54, 1.807) is 6.20 Å². The molecule has 4 rings (SSSR count). The molecule has 0 saturated carbocycles. The molecular formula is C18H18N4S. The maximum Gasteiger partial charge on any atom is 0.139 e. The molecule has 1 atom stereocenters. The number of nitrogens with zero attached hydrogens (tertiary/aromatic N) is 1. The van der Waals surface area contributed by atoms with Crippen molar-refractivity contribution in [2.75, 3.05) is 11.1 Å². The number of fused-ring (bicyclic) bond motifs is 2. The van der Waals surface area contributed by atoms with Crippen molar-refractivity contribution in [3.8, 4) is 0 Å². The van der Waals surface area contributed by atoms with Crippen LogP contribution in [0, 0.1) is 0 Å². The first-order valence-corrected chi connectivity index (χ1v) is 8.61. The molecule has 0 radical (unpaired) electrons. The van der Waals surface area contributed by atoms with E-state index in [0.717, 1.165) is 40.2 Å². The van der Waals surface area contributed by atoms with Crippen LogP contribution in [-0.4, -0.2) is 15.7 Å².